The highest BCUT2D eigenvalue weighted by Gasteiger charge is 2.39. The van der Waals surface area contributed by atoms with Crippen molar-refractivity contribution in [2.75, 3.05) is 18.1 Å². The van der Waals surface area contributed by atoms with E-state index in [1.165, 1.54) is 12.3 Å². The van der Waals surface area contributed by atoms with Crippen LogP contribution in [0.3, 0.4) is 0 Å². The molecule has 2 aliphatic heterocycles. The fraction of sp³-hybridized carbons (Fsp3) is 0.346. The Morgan fingerprint density at radius 3 is 2.72 bits per heavy atom. The number of pyridine rings is 2. The van der Waals surface area contributed by atoms with Crippen LogP contribution in [0.15, 0.2) is 58.4 Å². The number of nitrogens with one attached hydrogen (secondary N) is 2. The minimum absolute atomic E-state index is 0.116. The lowest BCUT2D eigenvalue weighted by Crippen LogP contribution is -2.41. The molecular weight excluding hydrogens is 480 g/mol. The molecule has 10 heteroatoms. The molecule has 9 nitrogen and oxygen atoms in total. The van der Waals surface area contributed by atoms with Gasteiger partial charge in [0.1, 0.15) is 11.6 Å². The van der Waals surface area contributed by atoms with Crippen molar-refractivity contribution >= 4 is 21.7 Å². The summed E-state index contributed by atoms with van der Waals surface area (Å²) in [6, 6.07) is 11.7. The number of anilines is 1. The minimum Gasteiger partial charge on any atom is -0.492 e. The monoisotopic (exact) mass is 508 g/mol. The molecule has 0 saturated carbocycles. The highest BCUT2D eigenvalue weighted by atomic mass is 32.2. The Labute approximate surface area is 209 Å². The molecule has 0 radical (unpaired) electrons. The number of fused-ring (bicyclic) bond motifs is 1. The van der Waals surface area contributed by atoms with E-state index >= 15 is 0 Å². The number of ether oxygens (including phenoxy) is 1. The number of rotatable bonds is 5. The van der Waals surface area contributed by atoms with Crippen LogP contribution in [0.25, 0.3) is 11.3 Å². The molecule has 1 atom stereocenters. The standard InChI is InChI=1S/C26H28N4O5S/c1-16-14-26(2,3)30(15-16)23-19(24(31)29-36(33,34)21-8-5-12-27-25(21)32)9-10-20(28-23)18-7-4-6-17-11-13-35-22(17)18/h4-10,12,16H,11,13-15H2,1-3H3,(H,27,32)(H,29,31)/t16-/m0/s1. The molecule has 36 heavy (non-hydrogen) atoms. The summed E-state index contributed by atoms with van der Waals surface area (Å²) >= 11 is 0. The number of aromatic nitrogens is 2. The normalized spacial score (nSPS) is 18.5. The second-order valence-corrected chi connectivity index (χ2v) is 11.6. The van der Waals surface area contributed by atoms with Crippen LogP contribution in [-0.4, -0.2) is 43.0 Å². The molecule has 188 valence electrons. The molecule has 1 fully saturated rings. The van der Waals surface area contributed by atoms with Crippen LogP contribution >= 0.6 is 0 Å². The number of carbonyl (C=O) groups excluding carboxylic acids is 1. The second-order valence-electron chi connectivity index (χ2n) is 9.99. The van der Waals surface area contributed by atoms with Crippen molar-refractivity contribution < 1.29 is 17.9 Å². The third-order valence-corrected chi connectivity index (χ3v) is 8.09. The van der Waals surface area contributed by atoms with Gasteiger partial charge in [0.15, 0.2) is 4.90 Å². The molecule has 1 saturated heterocycles. The van der Waals surface area contributed by atoms with E-state index in [1.807, 2.05) is 18.2 Å². The number of benzene rings is 1. The molecule has 3 aromatic rings. The molecule has 4 heterocycles. The number of para-hydroxylation sites is 1. The summed E-state index contributed by atoms with van der Waals surface area (Å²) in [5.41, 5.74) is 1.57. The molecule has 2 N–H and O–H groups in total. The van der Waals surface area contributed by atoms with Gasteiger partial charge < -0.3 is 14.6 Å². The quantitative estimate of drug-likeness (QED) is 0.543. The lowest BCUT2D eigenvalue weighted by molar-refractivity contribution is 0.0981. The number of hydrogen-bond donors (Lipinski definition) is 2. The maximum absolute atomic E-state index is 13.4. The van der Waals surface area contributed by atoms with Gasteiger partial charge in [0.05, 0.1) is 17.9 Å². The number of carbonyl (C=O) groups is 1. The van der Waals surface area contributed by atoms with Crippen molar-refractivity contribution in [1.82, 2.24) is 14.7 Å². The number of sulfonamides is 1. The summed E-state index contributed by atoms with van der Waals surface area (Å²) in [7, 11) is -4.40. The van der Waals surface area contributed by atoms with Gasteiger partial charge in [-0.15, -0.1) is 0 Å². The number of amides is 1. The lowest BCUT2D eigenvalue weighted by Gasteiger charge is -2.34. The molecule has 5 rings (SSSR count). The van der Waals surface area contributed by atoms with Gasteiger partial charge in [-0.05, 0) is 62.1 Å². The van der Waals surface area contributed by atoms with E-state index in [1.54, 1.807) is 12.1 Å². The molecule has 2 aliphatic rings. The van der Waals surface area contributed by atoms with E-state index in [0.717, 1.165) is 35.8 Å². The van der Waals surface area contributed by atoms with E-state index in [9.17, 15) is 18.0 Å². The number of hydrogen-bond acceptors (Lipinski definition) is 7. The number of H-pyrrole nitrogens is 1. The first-order valence-corrected chi connectivity index (χ1v) is 13.3. The molecular formula is C26H28N4O5S. The van der Waals surface area contributed by atoms with Gasteiger partial charge >= 0.3 is 0 Å². The zero-order valence-electron chi connectivity index (χ0n) is 20.4. The van der Waals surface area contributed by atoms with E-state index in [2.05, 4.69) is 35.4 Å². The smallest absolute Gasteiger partial charge is 0.269 e. The number of nitrogens with zero attached hydrogens (tertiary/aromatic N) is 2. The van der Waals surface area contributed by atoms with Crippen LogP contribution in [0.1, 0.15) is 43.1 Å². The van der Waals surface area contributed by atoms with Crippen molar-refractivity contribution in [1.29, 1.82) is 0 Å². The van der Waals surface area contributed by atoms with Crippen LogP contribution in [0, 0.1) is 5.92 Å². The minimum atomic E-state index is -4.40. The average molecular weight is 509 g/mol. The van der Waals surface area contributed by atoms with E-state index in [0.29, 0.717) is 30.6 Å². The summed E-state index contributed by atoms with van der Waals surface area (Å²) < 4.78 is 33.6. The Balaban J connectivity index is 1.60. The highest BCUT2D eigenvalue weighted by Crippen LogP contribution is 2.40. The molecule has 1 amide bonds. The van der Waals surface area contributed by atoms with Crippen LogP contribution in [0.4, 0.5) is 5.82 Å². The molecule has 0 spiro atoms. The van der Waals surface area contributed by atoms with Gasteiger partial charge in [-0.2, -0.15) is 0 Å². The first kappa shape index (κ1) is 24.1. The Kier molecular flexibility index (Phi) is 5.86. The fourth-order valence-corrected chi connectivity index (χ4v) is 6.23. The molecule has 0 aliphatic carbocycles. The van der Waals surface area contributed by atoms with Crippen molar-refractivity contribution in [3.63, 3.8) is 0 Å². The Morgan fingerprint density at radius 2 is 2.00 bits per heavy atom. The summed E-state index contributed by atoms with van der Waals surface area (Å²) in [5.74, 6) is 0.690. The maximum Gasteiger partial charge on any atom is 0.269 e. The molecule has 0 bridgehead atoms. The van der Waals surface area contributed by atoms with E-state index < -0.39 is 26.4 Å². The summed E-state index contributed by atoms with van der Waals surface area (Å²) in [6.45, 7) is 7.56. The Bertz CT molecular complexity index is 1510. The molecule has 0 unspecified atom stereocenters. The van der Waals surface area contributed by atoms with E-state index in [4.69, 9.17) is 9.72 Å². The summed E-state index contributed by atoms with van der Waals surface area (Å²) in [6.07, 6.45) is 3.04. The first-order chi connectivity index (χ1) is 17.1. The number of aromatic amines is 1. The van der Waals surface area contributed by atoms with Gasteiger partial charge in [0.2, 0.25) is 0 Å². The predicted octanol–water partition coefficient (Wildman–Crippen LogP) is 3.12. The average Bonchev–Trinajstić information content (AvgIpc) is 3.41. The molecule has 2 aromatic heterocycles. The maximum atomic E-state index is 13.4. The second kappa shape index (κ2) is 8.77. The molecule has 1 aromatic carbocycles. The SMILES string of the molecule is C[C@@H]1CN(c2nc(-c3cccc4c3OCC4)ccc2C(=O)NS(=O)(=O)c2ccc[nH]c2=O)C(C)(C)C1. The van der Waals surface area contributed by atoms with Crippen LogP contribution < -0.4 is 19.9 Å². The Hall–Kier alpha value is -3.66. The fourth-order valence-electron chi connectivity index (χ4n) is 5.21. The van der Waals surface area contributed by atoms with Gasteiger partial charge in [0, 0.05) is 30.3 Å². The van der Waals surface area contributed by atoms with Gasteiger partial charge in [0.25, 0.3) is 21.5 Å². The Morgan fingerprint density at radius 1 is 1.19 bits per heavy atom. The lowest BCUT2D eigenvalue weighted by atomic mass is 9.97. The first-order valence-electron chi connectivity index (χ1n) is 11.9. The zero-order valence-corrected chi connectivity index (χ0v) is 21.2. The summed E-state index contributed by atoms with van der Waals surface area (Å²) in [5, 5.41) is 0. The van der Waals surface area contributed by atoms with Crippen molar-refractivity contribution in [2.24, 2.45) is 5.92 Å². The third kappa shape index (κ3) is 4.26. The zero-order chi connectivity index (χ0) is 25.7. The van der Waals surface area contributed by atoms with Crippen LogP contribution in [0.2, 0.25) is 0 Å². The van der Waals surface area contributed by atoms with E-state index in [-0.39, 0.29) is 11.1 Å². The van der Waals surface area contributed by atoms with Gasteiger partial charge in [-0.25, -0.2) is 18.1 Å². The van der Waals surface area contributed by atoms with Crippen molar-refractivity contribution in [3.05, 3.63) is 70.1 Å². The highest BCUT2D eigenvalue weighted by molar-refractivity contribution is 7.90. The predicted molar refractivity (Wildman–Crippen MR) is 136 cm³/mol. The van der Waals surface area contributed by atoms with Gasteiger partial charge in [-0.3, -0.25) is 9.59 Å². The third-order valence-electron chi connectivity index (χ3n) is 6.74. The topological polar surface area (TPSA) is 121 Å². The van der Waals surface area contributed by atoms with Crippen molar-refractivity contribution in [2.45, 2.75) is 44.0 Å². The van der Waals surface area contributed by atoms with Crippen molar-refractivity contribution in [3.8, 4) is 17.0 Å². The van der Waals surface area contributed by atoms with Crippen LogP contribution in [-0.2, 0) is 16.4 Å². The van der Waals surface area contributed by atoms with Crippen LogP contribution in [0.5, 0.6) is 5.75 Å². The van der Waals surface area contributed by atoms with Gasteiger partial charge in [-0.1, -0.05) is 19.1 Å². The summed E-state index contributed by atoms with van der Waals surface area (Å²) in [4.78, 5) is 34.2. The largest absolute Gasteiger partial charge is 0.492 e.